The van der Waals surface area contributed by atoms with Gasteiger partial charge in [-0.05, 0) is 36.1 Å². The van der Waals surface area contributed by atoms with Gasteiger partial charge in [0, 0.05) is 19.0 Å². The molecule has 1 amide bonds. The van der Waals surface area contributed by atoms with Gasteiger partial charge in [0.05, 0.1) is 18.1 Å². The van der Waals surface area contributed by atoms with Gasteiger partial charge in [0.1, 0.15) is 11.9 Å². The first-order chi connectivity index (χ1) is 14.8. The summed E-state index contributed by atoms with van der Waals surface area (Å²) in [4.78, 5) is 12.7. The Hall–Kier alpha value is -2.65. The number of rotatable bonds is 8. The Labute approximate surface area is 182 Å². The Morgan fingerprint density at radius 2 is 1.81 bits per heavy atom. The van der Waals surface area contributed by atoms with Crippen molar-refractivity contribution in [3.8, 4) is 11.5 Å². The molecule has 7 nitrogen and oxygen atoms in total. The lowest BCUT2D eigenvalue weighted by molar-refractivity contribution is -0.123. The molecule has 0 aliphatic carbocycles. The summed E-state index contributed by atoms with van der Waals surface area (Å²) in [5.41, 5.74) is 0.483. The quantitative estimate of drug-likeness (QED) is 0.645. The monoisotopic (exact) mass is 450 g/mol. The van der Waals surface area contributed by atoms with E-state index >= 15 is 0 Å². The first-order valence-corrected chi connectivity index (χ1v) is 11.7. The van der Waals surface area contributed by atoms with Gasteiger partial charge in [-0.1, -0.05) is 32.0 Å². The summed E-state index contributed by atoms with van der Waals surface area (Å²) < 4.78 is 53.2. The zero-order valence-electron chi connectivity index (χ0n) is 17.6. The highest BCUT2D eigenvalue weighted by Crippen LogP contribution is 2.32. The lowest BCUT2D eigenvalue weighted by atomic mass is 10.0. The highest BCUT2D eigenvalue weighted by atomic mass is 32.2. The normalized spacial score (nSPS) is 14.7. The van der Waals surface area contributed by atoms with Gasteiger partial charge in [-0.15, -0.1) is 0 Å². The van der Waals surface area contributed by atoms with E-state index in [0.29, 0.717) is 43.1 Å². The van der Waals surface area contributed by atoms with Gasteiger partial charge in [0.15, 0.2) is 11.5 Å². The molecular formula is C22H27FN2O5S. The van der Waals surface area contributed by atoms with Crippen molar-refractivity contribution in [2.24, 2.45) is 5.92 Å². The molecule has 168 valence electrons. The van der Waals surface area contributed by atoms with Crippen LogP contribution in [-0.2, 0) is 21.2 Å². The van der Waals surface area contributed by atoms with Crippen molar-refractivity contribution in [1.82, 2.24) is 10.0 Å². The van der Waals surface area contributed by atoms with Crippen molar-refractivity contribution < 1.29 is 27.1 Å². The van der Waals surface area contributed by atoms with Gasteiger partial charge in [0.2, 0.25) is 15.9 Å². The van der Waals surface area contributed by atoms with E-state index in [-0.39, 0.29) is 23.2 Å². The average molecular weight is 451 g/mol. The number of carbonyl (C=O) groups excluding carboxylic acids is 1. The topological polar surface area (TPSA) is 93.7 Å². The summed E-state index contributed by atoms with van der Waals surface area (Å²) in [6.45, 7) is 4.62. The van der Waals surface area contributed by atoms with Crippen molar-refractivity contribution >= 4 is 15.9 Å². The highest BCUT2D eigenvalue weighted by Gasteiger charge is 2.29. The van der Waals surface area contributed by atoms with Crippen LogP contribution < -0.4 is 19.5 Å². The molecule has 0 spiro atoms. The molecule has 0 radical (unpaired) electrons. The van der Waals surface area contributed by atoms with Crippen LogP contribution in [0.1, 0.15) is 25.8 Å². The second kappa shape index (κ2) is 10.1. The number of fused-ring (bicyclic) bond motifs is 1. The SMILES string of the molecule is CC(C)[C@@H](NS(=O)(=O)c1ccc2c(c1)OCCCO2)C(=O)NCCc1ccccc1F. The fourth-order valence-corrected chi connectivity index (χ4v) is 4.53. The number of carbonyl (C=O) groups is 1. The number of nitrogens with one attached hydrogen (secondary N) is 2. The van der Waals surface area contributed by atoms with Crippen LogP contribution in [0.2, 0.25) is 0 Å². The molecule has 2 aromatic carbocycles. The zero-order chi connectivity index (χ0) is 22.4. The third kappa shape index (κ3) is 5.95. The number of ether oxygens (including phenoxy) is 2. The Morgan fingerprint density at radius 3 is 2.52 bits per heavy atom. The third-order valence-electron chi connectivity index (χ3n) is 4.91. The molecule has 0 saturated heterocycles. The predicted molar refractivity (Wildman–Crippen MR) is 114 cm³/mol. The molecule has 1 aliphatic rings. The van der Waals surface area contributed by atoms with E-state index < -0.39 is 22.0 Å². The molecule has 31 heavy (non-hydrogen) atoms. The first kappa shape index (κ1) is 23.0. The molecule has 1 aliphatic heterocycles. The molecule has 1 heterocycles. The Bertz CT molecular complexity index is 1030. The van der Waals surface area contributed by atoms with Crippen LogP contribution in [-0.4, -0.2) is 40.1 Å². The van der Waals surface area contributed by atoms with E-state index in [9.17, 15) is 17.6 Å². The van der Waals surface area contributed by atoms with Crippen LogP contribution in [0, 0.1) is 11.7 Å². The number of sulfonamides is 1. The molecule has 1 atom stereocenters. The number of hydrogen-bond acceptors (Lipinski definition) is 5. The number of benzene rings is 2. The van der Waals surface area contributed by atoms with Crippen LogP contribution in [0.15, 0.2) is 47.4 Å². The Balaban J connectivity index is 1.67. The maximum atomic E-state index is 13.7. The molecule has 0 unspecified atom stereocenters. The Kier molecular flexibility index (Phi) is 7.50. The zero-order valence-corrected chi connectivity index (χ0v) is 18.4. The van der Waals surface area contributed by atoms with Crippen LogP contribution >= 0.6 is 0 Å². The van der Waals surface area contributed by atoms with Crippen molar-refractivity contribution in [3.05, 3.63) is 53.8 Å². The number of halogens is 1. The van der Waals surface area contributed by atoms with Gasteiger partial charge in [-0.3, -0.25) is 4.79 Å². The third-order valence-corrected chi connectivity index (χ3v) is 6.35. The minimum Gasteiger partial charge on any atom is -0.490 e. The van der Waals surface area contributed by atoms with E-state index in [0.717, 1.165) is 0 Å². The molecule has 3 rings (SSSR count). The van der Waals surface area contributed by atoms with E-state index in [1.54, 1.807) is 38.1 Å². The lowest BCUT2D eigenvalue weighted by Gasteiger charge is -2.22. The van der Waals surface area contributed by atoms with Gasteiger partial charge >= 0.3 is 0 Å². The lowest BCUT2D eigenvalue weighted by Crippen LogP contribution is -2.49. The van der Waals surface area contributed by atoms with E-state index in [2.05, 4.69) is 10.0 Å². The second-order valence-corrected chi connectivity index (χ2v) is 9.35. The van der Waals surface area contributed by atoms with E-state index in [1.807, 2.05) is 0 Å². The van der Waals surface area contributed by atoms with E-state index in [1.165, 1.54) is 18.2 Å². The first-order valence-electron chi connectivity index (χ1n) is 10.2. The van der Waals surface area contributed by atoms with Crippen LogP contribution in [0.5, 0.6) is 11.5 Å². The molecule has 2 N–H and O–H groups in total. The molecule has 0 saturated carbocycles. The fourth-order valence-electron chi connectivity index (χ4n) is 3.17. The average Bonchev–Trinajstić information content (AvgIpc) is 2.98. The molecule has 2 aromatic rings. The molecular weight excluding hydrogens is 423 g/mol. The van der Waals surface area contributed by atoms with Gasteiger partial charge in [0.25, 0.3) is 0 Å². The second-order valence-electron chi connectivity index (χ2n) is 7.63. The summed E-state index contributed by atoms with van der Waals surface area (Å²) >= 11 is 0. The minimum absolute atomic E-state index is 0.0124. The van der Waals surface area contributed by atoms with E-state index in [4.69, 9.17) is 9.47 Å². The summed E-state index contributed by atoms with van der Waals surface area (Å²) in [6.07, 6.45) is 1.01. The highest BCUT2D eigenvalue weighted by molar-refractivity contribution is 7.89. The maximum Gasteiger partial charge on any atom is 0.241 e. The van der Waals surface area contributed by atoms with Crippen LogP contribution in [0.3, 0.4) is 0 Å². The summed E-state index contributed by atoms with van der Waals surface area (Å²) in [6, 6.07) is 9.71. The number of hydrogen-bond donors (Lipinski definition) is 2. The molecule has 0 aromatic heterocycles. The van der Waals surface area contributed by atoms with Crippen molar-refractivity contribution in [2.75, 3.05) is 19.8 Å². The molecule has 9 heteroatoms. The summed E-state index contributed by atoms with van der Waals surface area (Å²) in [7, 11) is -3.99. The van der Waals surface area contributed by atoms with Gasteiger partial charge in [-0.25, -0.2) is 12.8 Å². The van der Waals surface area contributed by atoms with Gasteiger partial charge in [-0.2, -0.15) is 4.72 Å². The van der Waals surface area contributed by atoms with Crippen molar-refractivity contribution in [1.29, 1.82) is 0 Å². The smallest absolute Gasteiger partial charge is 0.241 e. The summed E-state index contributed by atoms with van der Waals surface area (Å²) in [5.74, 6) is -0.265. The van der Waals surface area contributed by atoms with Crippen LogP contribution in [0.4, 0.5) is 4.39 Å². The standard InChI is InChI=1S/C22H27FN2O5S/c1-15(2)21(22(26)24-11-10-16-6-3-4-7-18(16)23)25-31(27,28)17-8-9-19-20(14-17)30-13-5-12-29-19/h3-4,6-9,14-15,21,25H,5,10-13H2,1-2H3,(H,24,26)/t21-/m1/s1. The Morgan fingerprint density at radius 1 is 1.10 bits per heavy atom. The largest absolute Gasteiger partial charge is 0.490 e. The van der Waals surface area contributed by atoms with Crippen molar-refractivity contribution in [2.45, 2.75) is 37.6 Å². The number of amides is 1. The molecule has 0 bridgehead atoms. The summed E-state index contributed by atoms with van der Waals surface area (Å²) in [5, 5.41) is 2.69. The maximum absolute atomic E-state index is 13.7. The van der Waals surface area contributed by atoms with Gasteiger partial charge < -0.3 is 14.8 Å². The fraction of sp³-hybridized carbons (Fsp3) is 0.409. The minimum atomic E-state index is -3.99. The molecule has 0 fully saturated rings. The predicted octanol–water partition coefficient (Wildman–Crippen LogP) is 2.65. The van der Waals surface area contributed by atoms with Crippen molar-refractivity contribution in [3.63, 3.8) is 0 Å². The van der Waals surface area contributed by atoms with Crippen LogP contribution in [0.25, 0.3) is 0 Å².